The molecule has 2 rings (SSSR count). The van der Waals surface area contributed by atoms with Crippen LogP contribution in [0.3, 0.4) is 0 Å². The number of benzene rings is 1. The highest BCUT2D eigenvalue weighted by Crippen LogP contribution is 2.28. The largest absolute Gasteiger partial charge is 0.307 e. The molecule has 2 aromatic rings. The van der Waals surface area contributed by atoms with Gasteiger partial charge in [-0.05, 0) is 45.0 Å². The number of amides is 1. The average Bonchev–Trinajstić information content (AvgIpc) is 2.99. The van der Waals surface area contributed by atoms with Gasteiger partial charge in [-0.25, -0.2) is 17.8 Å². The lowest BCUT2D eigenvalue weighted by molar-refractivity contribution is 0.102. The summed E-state index contributed by atoms with van der Waals surface area (Å²) in [5.41, 5.74) is 0.785. The van der Waals surface area contributed by atoms with E-state index in [1.807, 2.05) is 26.8 Å². The Morgan fingerprint density at radius 3 is 2.11 bits per heavy atom. The fourth-order valence-electron chi connectivity index (χ4n) is 2.60. The van der Waals surface area contributed by atoms with Crippen molar-refractivity contribution in [1.82, 2.24) is 14.5 Å². The van der Waals surface area contributed by atoms with Crippen molar-refractivity contribution < 1.29 is 13.2 Å². The van der Waals surface area contributed by atoms with Gasteiger partial charge in [-0.15, -0.1) is 0 Å². The fourth-order valence-corrected chi connectivity index (χ4v) is 3.64. The van der Waals surface area contributed by atoms with E-state index in [-0.39, 0.29) is 21.8 Å². The third-order valence-corrected chi connectivity index (χ3v) is 5.68. The van der Waals surface area contributed by atoms with Crippen LogP contribution >= 0.6 is 0 Å². The van der Waals surface area contributed by atoms with Crippen LogP contribution in [0.2, 0.25) is 0 Å². The van der Waals surface area contributed by atoms with Crippen LogP contribution in [0.5, 0.6) is 0 Å². The van der Waals surface area contributed by atoms with Gasteiger partial charge in [0, 0.05) is 23.6 Å². The third-order valence-electron chi connectivity index (χ3n) is 4.12. The summed E-state index contributed by atoms with van der Waals surface area (Å²) < 4.78 is 28.3. The van der Waals surface area contributed by atoms with Crippen molar-refractivity contribution in [3.05, 3.63) is 41.6 Å². The highest BCUT2D eigenvalue weighted by molar-refractivity contribution is 7.89. The Morgan fingerprint density at radius 1 is 1.07 bits per heavy atom. The summed E-state index contributed by atoms with van der Waals surface area (Å²) in [4.78, 5) is 12.8. The molecule has 0 radical (unpaired) electrons. The van der Waals surface area contributed by atoms with E-state index in [2.05, 4.69) is 35.9 Å². The van der Waals surface area contributed by atoms with Gasteiger partial charge in [0.15, 0.2) is 0 Å². The van der Waals surface area contributed by atoms with Crippen LogP contribution in [-0.2, 0) is 21.0 Å². The van der Waals surface area contributed by atoms with Crippen molar-refractivity contribution in [1.29, 1.82) is 0 Å². The van der Waals surface area contributed by atoms with Crippen LogP contribution in [0.1, 0.15) is 64.5 Å². The monoisotopic (exact) mass is 406 g/mol. The second kappa shape index (κ2) is 7.67. The summed E-state index contributed by atoms with van der Waals surface area (Å²) in [6, 6.07) is 7.74. The summed E-state index contributed by atoms with van der Waals surface area (Å²) in [6.45, 7) is 14.3. The number of rotatable bonds is 5. The van der Waals surface area contributed by atoms with Gasteiger partial charge >= 0.3 is 0 Å². The van der Waals surface area contributed by atoms with E-state index in [1.54, 1.807) is 11.6 Å². The lowest BCUT2D eigenvalue weighted by atomic mass is 9.92. The van der Waals surface area contributed by atoms with Crippen LogP contribution in [0.25, 0.3) is 0 Å². The molecule has 0 aliphatic rings. The maximum atomic E-state index is 12.7. The first-order chi connectivity index (χ1) is 12.8. The Bertz CT molecular complexity index is 947. The van der Waals surface area contributed by atoms with Crippen molar-refractivity contribution in [2.75, 3.05) is 11.9 Å². The van der Waals surface area contributed by atoms with Gasteiger partial charge in [-0.3, -0.25) is 4.79 Å². The van der Waals surface area contributed by atoms with Gasteiger partial charge in [0.25, 0.3) is 5.91 Å². The normalized spacial score (nSPS) is 12.8. The van der Waals surface area contributed by atoms with Crippen molar-refractivity contribution in [2.24, 2.45) is 0 Å². The van der Waals surface area contributed by atoms with Crippen LogP contribution in [0.15, 0.2) is 35.2 Å². The molecule has 0 aliphatic heterocycles. The zero-order chi connectivity index (χ0) is 21.3. The van der Waals surface area contributed by atoms with Crippen molar-refractivity contribution in [2.45, 2.75) is 64.3 Å². The number of carbonyl (C=O) groups is 1. The minimum atomic E-state index is -3.55. The molecule has 0 spiro atoms. The Labute approximate surface area is 167 Å². The zero-order valence-corrected chi connectivity index (χ0v) is 18.4. The second-order valence-corrected chi connectivity index (χ2v) is 10.5. The summed E-state index contributed by atoms with van der Waals surface area (Å²) in [7, 11) is -3.55. The maximum Gasteiger partial charge on any atom is 0.256 e. The van der Waals surface area contributed by atoms with Crippen molar-refractivity contribution in [3.63, 3.8) is 0 Å². The van der Waals surface area contributed by atoms with Gasteiger partial charge < -0.3 is 5.32 Å². The Balaban J connectivity index is 2.31. The molecule has 0 atom stereocenters. The molecule has 0 fully saturated rings. The molecule has 1 heterocycles. The predicted molar refractivity (Wildman–Crippen MR) is 111 cm³/mol. The molecule has 0 bridgehead atoms. The average molecular weight is 407 g/mol. The van der Waals surface area contributed by atoms with E-state index in [1.165, 1.54) is 24.3 Å². The number of carbonyl (C=O) groups excluding carboxylic acids is 1. The minimum absolute atomic E-state index is 0.126. The van der Waals surface area contributed by atoms with E-state index >= 15 is 0 Å². The van der Waals surface area contributed by atoms with E-state index in [9.17, 15) is 13.2 Å². The fraction of sp³-hybridized carbons (Fsp3) is 0.500. The number of hydrogen-bond donors (Lipinski definition) is 2. The predicted octanol–water partition coefficient (Wildman–Crippen LogP) is 3.49. The minimum Gasteiger partial charge on any atom is -0.307 e. The topological polar surface area (TPSA) is 93.1 Å². The SMILES string of the molecule is CCNS(=O)(=O)c1ccc(C(=O)Nc2cc(C(C)(C)C)nn2C(C)(C)C)cc1. The first kappa shape index (κ1) is 22.1. The molecular formula is C20H30N4O3S. The highest BCUT2D eigenvalue weighted by atomic mass is 32.2. The number of nitrogens with zero attached hydrogens (tertiary/aromatic N) is 2. The maximum absolute atomic E-state index is 12.7. The highest BCUT2D eigenvalue weighted by Gasteiger charge is 2.26. The lowest BCUT2D eigenvalue weighted by Gasteiger charge is -2.23. The van der Waals surface area contributed by atoms with Gasteiger partial charge in [0.2, 0.25) is 10.0 Å². The van der Waals surface area contributed by atoms with E-state index in [0.29, 0.717) is 17.9 Å². The first-order valence-corrected chi connectivity index (χ1v) is 10.8. The summed E-state index contributed by atoms with van der Waals surface area (Å²) in [6.07, 6.45) is 0. The van der Waals surface area contributed by atoms with E-state index in [4.69, 9.17) is 0 Å². The van der Waals surface area contributed by atoms with Crippen LogP contribution in [0.4, 0.5) is 5.82 Å². The Morgan fingerprint density at radius 2 is 1.64 bits per heavy atom. The van der Waals surface area contributed by atoms with Gasteiger partial charge in [0.1, 0.15) is 5.82 Å². The van der Waals surface area contributed by atoms with Crippen molar-refractivity contribution in [3.8, 4) is 0 Å². The molecule has 1 aromatic heterocycles. The molecule has 154 valence electrons. The standard InChI is InChI=1S/C20H30N4O3S/c1-8-21-28(26,27)15-11-9-14(10-12-15)18(25)22-17-13-16(19(2,3)4)23-24(17)20(5,6)7/h9-13,21H,8H2,1-7H3,(H,22,25). The number of nitrogens with one attached hydrogen (secondary N) is 2. The number of sulfonamides is 1. The summed E-state index contributed by atoms with van der Waals surface area (Å²) in [5.74, 6) is 0.282. The van der Waals surface area contributed by atoms with Gasteiger partial charge in [0.05, 0.1) is 16.1 Å². The molecule has 2 N–H and O–H groups in total. The van der Waals surface area contributed by atoms with Crippen LogP contribution < -0.4 is 10.0 Å². The third kappa shape index (κ3) is 4.99. The molecule has 0 unspecified atom stereocenters. The molecule has 0 aliphatic carbocycles. The number of hydrogen-bond acceptors (Lipinski definition) is 4. The zero-order valence-electron chi connectivity index (χ0n) is 17.6. The second-order valence-electron chi connectivity index (χ2n) is 8.73. The molecule has 1 amide bonds. The summed E-state index contributed by atoms with van der Waals surface area (Å²) >= 11 is 0. The van der Waals surface area contributed by atoms with E-state index < -0.39 is 10.0 Å². The molecule has 0 saturated carbocycles. The quantitative estimate of drug-likeness (QED) is 0.795. The van der Waals surface area contributed by atoms with Crippen LogP contribution in [-0.4, -0.2) is 30.7 Å². The number of aromatic nitrogens is 2. The molecule has 7 nitrogen and oxygen atoms in total. The molecule has 28 heavy (non-hydrogen) atoms. The van der Waals surface area contributed by atoms with Gasteiger partial charge in [-0.1, -0.05) is 27.7 Å². The smallest absolute Gasteiger partial charge is 0.256 e. The van der Waals surface area contributed by atoms with E-state index in [0.717, 1.165) is 5.69 Å². The molecule has 1 aromatic carbocycles. The Hall–Kier alpha value is -2.19. The molecular weight excluding hydrogens is 376 g/mol. The molecule has 0 saturated heterocycles. The lowest BCUT2D eigenvalue weighted by Crippen LogP contribution is -2.27. The first-order valence-electron chi connectivity index (χ1n) is 9.28. The number of anilines is 1. The van der Waals surface area contributed by atoms with Crippen LogP contribution in [0, 0.1) is 0 Å². The van der Waals surface area contributed by atoms with Gasteiger partial charge in [-0.2, -0.15) is 5.10 Å². The molecule has 8 heteroatoms. The van der Waals surface area contributed by atoms with Crippen molar-refractivity contribution >= 4 is 21.7 Å². The Kier molecular flexibility index (Phi) is 6.06. The summed E-state index contributed by atoms with van der Waals surface area (Å²) in [5, 5.41) is 7.59.